The van der Waals surface area contributed by atoms with Crippen molar-refractivity contribution in [2.45, 2.75) is 46.7 Å². The van der Waals surface area contributed by atoms with Gasteiger partial charge in [0, 0.05) is 16.6 Å². The van der Waals surface area contributed by atoms with Crippen LogP contribution in [-0.2, 0) is 11.3 Å². The standard InChI is InChI=1S/C20H23N7O/c1-12-10-13(2)27(25-12)19-21-18-17(23-24-19)14-8-6-7-9-15(14)26(18)11-16(28)22-20(3,4)5/h6-10H,11H2,1-5H3,(H,22,28). The first kappa shape index (κ1) is 18.1. The Morgan fingerprint density at radius 2 is 1.89 bits per heavy atom. The molecule has 0 atom stereocenters. The summed E-state index contributed by atoms with van der Waals surface area (Å²) in [5, 5.41) is 17.1. The molecule has 0 bridgehead atoms. The normalized spacial score (nSPS) is 12.0. The SMILES string of the molecule is Cc1cc(C)n(-c2nnc3c4ccccc4n(CC(=O)NC(C)(C)C)c3n2)n1. The van der Waals surface area contributed by atoms with Gasteiger partial charge < -0.3 is 9.88 Å². The van der Waals surface area contributed by atoms with E-state index in [2.05, 4.69) is 20.6 Å². The number of hydrogen-bond donors (Lipinski definition) is 1. The van der Waals surface area contributed by atoms with Crippen LogP contribution in [-0.4, -0.2) is 41.0 Å². The van der Waals surface area contributed by atoms with Crippen LogP contribution in [0.5, 0.6) is 0 Å². The number of hydrogen-bond acceptors (Lipinski definition) is 5. The lowest BCUT2D eigenvalue weighted by molar-refractivity contribution is -0.122. The van der Waals surface area contributed by atoms with Crippen LogP contribution >= 0.6 is 0 Å². The van der Waals surface area contributed by atoms with Crippen molar-refractivity contribution in [2.75, 3.05) is 0 Å². The third kappa shape index (κ3) is 3.21. The van der Waals surface area contributed by atoms with Gasteiger partial charge in [-0.25, -0.2) is 4.68 Å². The quantitative estimate of drug-likeness (QED) is 0.593. The van der Waals surface area contributed by atoms with E-state index in [1.54, 1.807) is 4.68 Å². The predicted molar refractivity (Wildman–Crippen MR) is 107 cm³/mol. The topological polar surface area (TPSA) is 90.5 Å². The second-order valence-electron chi connectivity index (χ2n) is 8.02. The van der Waals surface area contributed by atoms with Crippen molar-refractivity contribution in [1.82, 2.24) is 34.8 Å². The highest BCUT2D eigenvalue weighted by molar-refractivity contribution is 6.04. The number of carbonyl (C=O) groups excluding carboxylic acids is 1. The molecule has 8 nitrogen and oxygen atoms in total. The predicted octanol–water partition coefficient (Wildman–Crippen LogP) is 2.70. The second-order valence-corrected chi connectivity index (χ2v) is 8.02. The minimum absolute atomic E-state index is 0.0820. The lowest BCUT2D eigenvalue weighted by atomic mass is 10.1. The van der Waals surface area contributed by atoms with E-state index in [0.717, 1.165) is 22.3 Å². The first-order valence-electron chi connectivity index (χ1n) is 9.19. The Labute approximate surface area is 162 Å². The monoisotopic (exact) mass is 377 g/mol. The van der Waals surface area contributed by atoms with Crippen LogP contribution in [0.25, 0.3) is 28.0 Å². The van der Waals surface area contributed by atoms with Crippen LogP contribution in [0, 0.1) is 13.8 Å². The molecule has 0 aliphatic heterocycles. The highest BCUT2D eigenvalue weighted by Crippen LogP contribution is 2.26. The van der Waals surface area contributed by atoms with Crippen LogP contribution in [0.3, 0.4) is 0 Å². The van der Waals surface area contributed by atoms with Gasteiger partial charge in [0.05, 0.1) is 11.2 Å². The van der Waals surface area contributed by atoms with Crippen LogP contribution in [0.1, 0.15) is 32.2 Å². The summed E-state index contributed by atoms with van der Waals surface area (Å²) in [5.74, 6) is 0.305. The summed E-state index contributed by atoms with van der Waals surface area (Å²) in [7, 11) is 0. The summed E-state index contributed by atoms with van der Waals surface area (Å²) in [6.45, 7) is 9.89. The maximum absolute atomic E-state index is 12.6. The fourth-order valence-corrected chi connectivity index (χ4v) is 3.38. The summed E-state index contributed by atoms with van der Waals surface area (Å²) in [4.78, 5) is 17.3. The maximum Gasteiger partial charge on any atom is 0.272 e. The molecule has 0 saturated heterocycles. The van der Waals surface area contributed by atoms with Gasteiger partial charge in [0.15, 0.2) is 5.65 Å². The summed E-state index contributed by atoms with van der Waals surface area (Å²) >= 11 is 0. The lowest BCUT2D eigenvalue weighted by Crippen LogP contribution is -2.42. The Kier molecular flexibility index (Phi) is 4.14. The van der Waals surface area contributed by atoms with Gasteiger partial charge in [-0.2, -0.15) is 10.1 Å². The summed E-state index contributed by atoms with van der Waals surface area (Å²) < 4.78 is 3.55. The Morgan fingerprint density at radius 1 is 1.14 bits per heavy atom. The van der Waals surface area contributed by atoms with Gasteiger partial charge in [-0.1, -0.05) is 18.2 Å². The number of nitrogens with zero attached hydrogens (tertiary/aromatic N) is 6. The maximum atomic E-state index is 12.6. The van der Waals surface area contributed by atoms with E-state index in [4.69, 9.17) is 4.98 Å². The summed E-state index contributed by atoms with van der Waals surface area (Å²) in [6, 6.07) is 9.77. The average molecular weight is 377 g/mol. The molecule has 4 aromatic rings. The molecule has 28 heavy (non-hydrogen) atoms. The lowest BCUT2D eigenvalue weighted by Gasteiger charge is -2.21. The number of fused-ring (bicyclic) bond motifs is 3. The van der Waals surface area contributed by atoms with E-state index in [1.165, 1.54) is 0 Å². The molecule has 0 unspecified atom stereocenters. The Morgan fingerprint density at radius 3 is 2.57 bits per heavy atom. The van der Waals surface area contributed by atoms with Crippen molar-refractivity contribution in [3.63, 3.8) is 0 Å². The van der Waals surface area contributed by atoms with Crippen molar-refractivity contribution in [2.24, 2.45) is 0 Å². The molecule has 0 saturated carbocycles. The van der Waals surface area contributed by atoms with Crippen LogP contribution in [0.4, 0.5) is 0 Å². The van der Waals surface area contributed by atoms with Gasteiger partial charge >= 0.3 is 0 Å². The fourth-order valence-electron chi connectivity index (χ4n) is 3.38. The molecule has 3 aromatic heterocycles. The van der Waals surface area contributed by atoms with Gasteiger partial charge in [0.1, 0.15) is 12.1 Å². The largest absolute Gasteiger partial charge is 0.350 e. The molecule has 1 amide bonds. The van der Waals surface area contributed by atoms with E-state index in [9.17, 15) is 4.79 Å². The van der Waals surface area contributed by atoms with E-state index >= 15 is 0 Å². The van der Waals surface area contributed by atoms with Crippen molar-refractivity contribution in [3.8, 4) is 5.95 Å². The molecule has 0 spiro atoms. The van der Waals surface area contributed by atoms with Crippen molar-refractivity contribution >= 4 is 28.0 Å². The molecule has 4 rings (SSSR count). The van der Waals surface area contributed by atoms with Crippen LogP contribution < -0.4 is 5.32 Å². The van der Waals surface area contributed by atoms with Gasteiger partial charge in [-0.05, 0) is 46.8 Å². The molecule has 3 heterocycles. The molecular weight excluding hydrogens is 354 g/mol. The first-order valence-corrected chi connectivity index (χ1v) is 9.19. The fraction of sp³-hybridized carbons (Fsp3) is 0.350. The third-order valence-corrected chi connectivity index (χ3v) is 4.38. The molecule has 0 radical (unpaired) electrons. The van der Waals surface area contributed by atoms with Crippen molar-refractivity contribution < 1.29 is 4.79 Å². The molecule has 0 fully saturated rings. The molecule has 1 N–H and O–H groups in total. The van der Waals surface area contributed by atoms with Crippen LogP contribution in [0.15, 0.2) is 30.3 Å². The Hall–Kier alpha value is -3.29. The van der Waals surface area contributed by atoms with E-state index in [-0.39, 0.29) is 18.0 Å². The molecule has 1 aromatic carbocycles. The van der Waals surface area contributed by atoms with Gasteiger partial charge in [0.25, 0.3) is 5.95 Å². The van der Waals surface area contributed by atoms with Crippen molar-refractivity contribution in [3.05, 3.63) is 41.7 Å². The number of aryl methyl sites for hydroxylation is 2. The van der Waals surface area contributed by atoms with Crippen molar-refractivity contribution in [1.29, 1.82) is 0 Å². The average Bonchev–Trinajstić information content (AvgIpc) is 3.10. The first-order chi connectivity index (χ1) is 13.2. The van der Waals surface area contributed by atoms with E-state index in [1.807, 2.05) is 69.5 Å². The van der Waals surface area contributed by atoms with Crippen LogP contribution in [0.2, 0.25) is 0 Å². The number of para-hydroxylation sites is 1. The minimum Gasteiger partial charge on any atom is -0.350 e. The summed E-state index contributed by atoms with van der Waals surface area (Å²) in [5.41, 5.74) is 3.68. The zero-order valence-electron chi connectivity index (χ0n) is 16.7. The van der Waals surface area contributed by atoms with E-state index < -0.39 is 0 Å². The second kappa shape index (κ2) is 6.40. The third-order valence-electron chi connectivity index (χ3n) is 4.38. The molecule has 144 valence electrons. The highest BCUT2D eigenvalue weighted by Gasteiger charge is 2.20. The number of amides is 1. The zero-order chi connectivity index (χ0) is 20.1. The highest BCUT2D eigenvalue weighted by atomic mass is 16.2. The number of carbonyl (C=O) groups is 1. The van der Waals surface area contributed by atoms with Gasteiger partial charge in [0.2, 0.25) is 5.91 Å². The Bertz CT molecular complexity index is 1200. The Balaban J connectivity index is 1.89. The number of nitrogens with one attached hydrogen (secondary N) is 1. The molecular formula is C20H23N7O. The molecule has 8 heteroatoms. The van der Waals surface area contributed by atoms with Gasteiger partial charge in [-0.3, -0.25) is 4.79 Å². The van der Waals surface area contributed by atoms with E-state index in [0.29, 0.717) is 17.1 Å². The molecule has 0 aliphatic carbocycles. The zero-order valence-corrected chi connectivity index (χ0v) is 16.7. The minimum atomic E-state index is -0.308. The number of aromatic nitrogens is 6. The number of benzene rings is 1. The van der Waals surface area contributed by atoms with Gasteiger partial charge in [-0.15, -0.1) is 10.2 Å². The summed E-state index contributed by atoms with van der Waals surface area (Å²) in [6.07, 6.45) is 0. The smallest absolute Gasteiger partial charge is 0.272 e. The number of rotatable bonds is 3. The molecule has 0 aliphatic rings.